The van der Waals surface area contributed by atoms with Gasteiger partial charge in [0.15, 0.2) is 0 Å². The molecule has 1 rings (SSSR count). The topological polar surface area (TPSA) is 101 Å². The highest BCUT2D eigenvalue weighted by molar-refractivity contribution is 5.95. The molecule has 4 N–H and O–H groups in total. The zero-order valence-electron chi connectivity index (χ0n) is 8.23. The number of rotatable bonds is 2. The molecule has 0 amide bonds. The fraction of sp³-hybridized carbons (Fsp3) is 0.0909. The van der Waals surface area contributed by atoms with Crippen molar-refractivity contribution in [3.8, 4) is 11.8 Å². The highest BCUT2D eigenvalue weighted by Gasteiger charge is 2.09. The van der Waals surface area contributed by atoms with Crippen molar-refractivity contribution in [1.82, 2.24) is 0 Å². The third-order valence-corrected chi connectivity index (χ3v) is 1.80. The van der Waals surface area contributed by atoms with Gasteiger partial charge in [0.1, 0.15) is 6.42 Å². The Morgan fingerprint density at radius 2 is 2.00 bits per heavy atom. The number of carboxylic acids is 2. The molecule has 82 valence electrons. The third kappa shape index (κ3) is 2.75. The van der Waals surface area contributed by atoms with Crippen LogP contribution in [0.1, 0.15) is 22.3 Å². The Balaban J connectivity index is 3.05. The standard InChI is InChI=1S/C11H9NO4/c12-10-7(4-2-6-9(13)14)3-1-5-8(10)11(15)16/h1,3,5H,6,12H2,(H,13,14)(H,15,16). The average Bonchev–Trinajstić information content (AvgIpc) is 2.19. The van der Waals surface area contributed by atoms with Crippen molar-refractivity contribution < 1.29 is 19.8 Å². The third-order valence-electron chi connectivity index (χ3n) is 1.80. The predicted molar refractivity (Wildman–Crippen MR) is 56.9 cm³/mol. The average molecular weight is 219 g/mol. The molecule has 16 heavy (non-hydrogen) atoms. The second kappa shape index (κ2) is 4.84. The molecule has 0 aliphatic rings. The number of anilines is 1. The molecule has 0 heterocycles. The van der Waals surface area contributed by atoms with Crippen molar-refractivity contribution >= 4 is 17.6 Å². The van der Waals surface area contributed by atoms with E-state index in [4.69, 9.17) is 15.9 Å². The zero-order chi connectivity index (χ0) is 12.1. The van der Waals surface area contributed by atoms with E-state index in [1.807, 2.05) is 0 Å². The summed E-state index contributed by atoms with van der Waals surface area (Å²) in [5.41, 5.74) is 5.90. The number of benzene rings is 1. The summed E-state index contributed by atoms with van der Waals surface area (Å²) in [7, 11) is 0. The second-order valence-electron chi connectivity index (χ2n) is 2.94. The van der Waals surface area contributed by atoms with E-state index in [2.05, 4.69) is 11.8 Å². The number of nitrogens with two attached hydrogens (primary N) is 1. The Morgan fingerprint density at radius 1 is 1.31 bits per heavy atom. The maximum absolute atomic E-state index is 10.7. The van der Waals surface area contributed by atoms with E-state index in [0.717, 1.165) is 0 Å². The van der Waals surface area contributed by atoms with Crippen LogP contribution in [0, 0.1) is 11.8 Å². The van der Waals surface area contributed by atoms with Crippen LogP contribution in [0.4, 0.5) is 5.69 Å². The first-order chi connectivity index (χ1) is 7.52. The lowest BCUT2D eigenvalue weighted by Crippen LogP contribution is -2.03. The van der Waals surface area contributed by atoms with Gasteiger partial charge in [-0.15, -0.1) is 0 Å². The van der Waals surface area contributed by atoms with Gasteiger partial charge in [-0.25, -0.2) is 4.79 Å². The van der Waals surface area contributed by atoms with Gasteiger partial charge >= 0.3 is 11.9 Å². The van der Waals surface area contributed by atoms with Crippen LogP contribution in [0.15, 0.2) is 18.2 Å². The molecule has 0 aromatic heterocycles. The second-order valence-corrected chi connectivity index (χ2v) is 2.94. The first kappa shape index (κ1) is 11.6. The zero-order valence-corrected chi connectivity index (χ0v) is 8.23. The summed E-state index contributed by atoms with van der Waals surface area (Å²) in [6.45, 7) is 0. The summed E-state index contributed by atoms with van der Waals surface area (Å²) in [5.74, 6) is 2.73. The highest BCUT2D eigenvalue weighted by atomic mass is 16.4. The van der Waals surface area contributed by atoms with E-state index in [-0.39, 0.29) is 17.7 Å². The van der Waals surface area contributed by atoms with Crippen LogP contribution >= 0.6 is 0 Å². The molecular formula is C11H9NO4. The number of carboxylic acid groups (broad SMARTS) is 2. The van der Waals surface area contributed by atoms with E-state index in [0.29, 0.717) is 5.56 Å². The van der Waals surface area contributed by atoms with Gasteiger partial charge in [0, 0.05) is 5.56 Å². The molecule has 0 aliphatic carbocycles. The summed E-state index contributed by atoms with van der Waals surface area (Å²) in [6.07, 6.45) is -0.309. The molecule has 5 heteroatoms. The van der Waals surface area contributed by atoms with Crippen molar-refractivity contribution in [2.45, 2.75) is 6.42 Å². The number of hydrogen-bond donors (Lipinski definition) is 3. The first-order valence-electron chi connectivity index (χ1n) is 4.35. The fourth-order valence-electron chi connectivity index (χ4n) is 1.08. The number of nitrogen functional groups attached to an aromatic ring is 1. The molecule has 1 aromatic rings. The van der Waals surface area contributed by atoms with Crippen molar-refractivity contribution in [3.63, 3.8) is 0 Å². The minimum absolute atomic E-state index is 0.0397. The molecule has 0 saturated heterocycles. The van der Waals surface area contributed by atoms with Crippen LogP contribution in [-0.2, 0) is 4.79 Å². The van der Waals surface area contributed by atoms with Crippen LogP contribution in [0.2, 0.25) is 0 Å². The van der Waals surface area contributed by atoms with Crippen LogP contribution in [0.25, 0.3) is 0 Å². The van der Waals surface area contributed by atoms with E-state index in [9.17, 15) is 9.59 Å². The minimum Gasteiger partial charge on any atom is -0.481 e. The van der Waals surface area contributed by atoms with Crippen molar-refractivity contribution in [1.29, 1.82) is 0 Å². The molecule has 5 nitrogen and oxygen atoms in total. The summed E-state index contributed by atoms with van der Waals surface area (Å²) in [6, 6.07) is 4.40. The Hall–Kier alpha value is -2.48. The molecule has 1 aromatic carbocycles. The SMILES string of the molecule is Nc1c(C#CCC(=O)O)cccc1C(=O)O. The molecule has 0 unspecified atom stereocenters. The molecular weight excluding hydrogens is 210 g/mol. The van der Waals surface area contributed by atoms with Gasteiger partial charge in [0.2, 0.25) is 0 Å². The van der Waals surface area contributed by atoms with Gasteiger partial charge in [-0.05, 0) is 12.1 Å². The lowest BCUT2D eigenvalue weighted by atomic mass is 10.1. The van der Waals surface area contributed by atoms with E-state index >= 15 is 0 Å². The van der Waals surface area contributed by atoms with Crippen molar-refractivity contribution in [2.24, 2.45) is 0 Å². The predicted octanol–water partition coefficient (Wildman–Crippen LogP) is 0.793. The summed E-state index contributed by atoms with van der Waals surface area (Å²) >= 11 is 0. The van der Waals surface area contributed by atoms with Gasteiger partial charge in [0.05, 0.1) is 11.3 Å². The maximum atomic E-state index is 10.7. The first-order valence-corrected chi connectivity index (χ1v) is 4.35. The fourth-order valence-corrected chi connectivity index (χ4v) is 1.08. The molecule has 0 radical (unpaired) electrons. The van der Waals surface area contributed by atoms with E-state index in [1.165, 1.54) is 18.2 Å². The normalized spacial score (nSPS) is 9.00. The monoisotopic (exact) mass is 219 g/mol. The van der Waals surface area contributed by atoms with Gasteiger partial charge < -0.3 is 15.9 Å². The minimum atomic E-state index is -1.14. The summed E-state index contributed by atoms with van der Waals surface area (Å²) in [5, 5.41) is 17.2. The molecule has 0 fully saturated rings. The summed E-state index contributed by atoms with van der Waals surface area (Å²) in [4.78, 5) is 21.0. The Kier molecular flexibility index (Phi) is 3.51. The quantitative estimate of drug-likeness (QED) is 0.504. The molecule has 0 spiro atoms. The number of para-hydroxylation sites is 1. The van der Waals surface area contributed by atoms with E-state index in [1.54, 1.807) is 0 Å². The van der Waals surface area contributed by atoms with Crippen LogP contribution in [-0.4, -0.2) is 22.2 Å². The number of aliphatic carboxylic acids is 1. The van der Waals surface area contributed by atoms with Crippen LogP contribution < -0.4 is 5.73 Å². The molecule has 0 aliphatic heterocycles. The van der Waals surface area contributed by atoms with Crippen molar-refractivity contribution in [2.75, 3.05) is 5.73 Å². The van der Waals surface area contributed by atoms with Gasteiger partial charge in [-0.1, -0.05) is 17.9 Å². The smallest absolute Gasteiger partial charge is 0.337 e. The summed E-state index contributed by atoms with van der Waals surface area (Å²) < 4.78 is 0. The number of aromatic carboxylic acids is 1. The highest BCUT2D eigenvalue weighted by Crippen LogP contribution is 2.16. The van der Waals surface area contributed by atoms with E-state index < -0.39 is 11.9 Å². The number of hydrogen-bond acceptors (Lipinski definition) is 3. The maximum Gasteiger partial charge on any atom is 0.337 e. The number of carbonyl (C=O) groups is 2. The Morgan fingerprint density at radius 3 is 2.56 bits per heavy atom. The van der Waals surface area contributed by atoms with Crippen LogP contribution in [0.3, 0.4) is 0 Å². The van der Waals surface area contributed by atoms with Crippen LogP contribution in [0.5, 0.6) is 0 Å². The Bertz CT molecular complexity index is 496. The Labute approximate surface area is 91.5 Å². The molecule has 0 atom stereocenters. The lowest BCUT2D eigenvalue weighted by Gasteiger charge is -2.01. The van der Waals surface area contributed by atoms with Gasteiger partial charge in [-0.2, -0.15) is 0 Å². The van der Waals surface area contributed by atoms with Gasteiger partial charge in [0.25, 0.3) is 0 Å². The largest absolute Gasteiger partial charge is 0.481 e. The molecule has 0 bridgehead atoms. The lowest BCUT2D eigenvalue weighted by molar-refractivity contribution is -0.135. The van der Waals surface area contributed by atoms with Crippen molar-refractivity contribution in [3.05, 3.63) is 29.3 Å². The van der Waals surface area contributed by atoms with Gasteiger partial charge in [-0.3, -0.25) is 4.79 Å². The molecule has 0 saturated carbocycles.